The van der Waals surface area contributed by atoms with E-state index in [1.165, 1.54) is 0 Å². The third-order valence-corrected chi connectivity index (χ3v) is 4.03. The van der Waals surface area contributed by atoms with Crippen LogP contribution in [0.1, 0.15) is 31.1 Å². The molecule has 2 amide bonds. The molecular weight excluding hydrogens is 366 g/mol. The molecule has 0 atom stereocenters. The Morgan fingerprint density at radius 2 is 1.78 bits per heavy atom. The summed E-state index contributed by atoms with van der Waals surface area (Å²) in [5.41, 5.74) is 6.21. The van der Waals surface area contributed by atoms with Gasteiger partial charge in [0.1, 0.15) is 5.82 Å². The quantitative estimate of drug-likeness (QED) is 0.469. The fourth-order valence-corrected chi connectivity index (χ4v) is 2.74. The highest BCUT2D eigenvalue weighted by Crippen LogP contribution is 2.23. The molecule has 0 fully saturated rings. The number of nitrogens with zero attached hydrogens (tertiary/aromatic N) is 1. The van der Waals surface area contributed by atoms with Crippen LogP contribution in [-0.4, -0.2) is 27.5 Å². The Labute approximate surface area is 138 Å². The molecule has 116 valence electrons. The van der Waals surface area contributed by atoms with Crippen LogP contribution >= 0.6 is 15.9 Å². The molecule has 2 aromatic rings. The Kier molecular flexibility index (Phi) is 3.61. The van der Waals surface area contributed by atoms with E-state index in [4.69, 9.17) is 5.73 Å². The predicted molar refractivity (Wildman–Crippen MR) is 86.4 cm³/mol. The van der Waals surface area contributed by atoms with Gasteiger partial charge >= 0.3 is 0 Å². The highest BCUT2D eigenvalue weighted by atomic mass is 79.9. The number of carbonyl (C=O) groups is 3. The summed E-state index contributed by atoms with van der Waals surface area (Å²) in [4.78, 5) is 47.2. The maximum atomic E-state index is 12.2. The summed E-state index contributed by atoms with van der Waals surface area (Å²) in [6.07, 6.45) is 0. The maximum Gasteiger partial charge on any atom is 0.262 e. The summed E-state index contributed by atoms with van der Waals surface area (Å²) in [6.45, 7) is 0. The van der Waals surface area contributed by atoms with Gasteiger partial charge in [-0.25, -0.2) is 0 Å². The van der Waals surface area contributed by atoms with Crippen molar-refractivity contribution in [1.82, 2.24) is 9.88 Å². The number of imide groups is 1. The average molecular weight is 376 g/mol. The standard InChI is InChI=1S/C15H10BrN3O4/c16-6-10(20)7-1-3-8(4-2-7)19-11(21)5-9-12(13(19)17)15(23)18-14(9)22/h1-5H,6,17H2,(H,18,22,23). The van der Waals surface area contributed by atoms with E-state index >= 15 is 0 Å². The number of halogens is 1. The second-order valence-corrected chi connectivity index (χ2v) is 5.44. The van der Waals surface area contributed by atoms with Gasteiger partial charge in [0.25, 0.3) is 17.4 Å². The first-order valence-electron chi connectivity index (χ1n) is 6.55. The Morgan fingerprint density at radius 1 is 1.13 bits per heavy atom. The lowest BCUT2D eigenvalue weighted by Gasteiger charge is -2.12. The second kappa shape index (κ2) is 5.47. The number of fused-ring (bicyclic) bond motifs is 1. The fraction of sp³-hybridized carbons (Fsp3) is 0.0667. The van der Waals surface area contributed by atoms with E-state index < -0.39 is 17.4 Å². The van der Waals surface area contributed by atoms with E-state index in [2.05, 4.69) is 21.2 Å². The highest BCUT2D eigenvalue weighted by molar-refractivity contribution is 9.09. The van der Waals surface area contributed by atoms with E-state index in [-0.39, 0.29) is 28.1 Å². The number of alkyl halides is 1. The molecular formula is C15H10BrN3O4. The first kappa shape index (κ1) is 15.2. The van der Waals surface area contributed by atoms with Crippen molar-refractivity contribution in [3.05, 3.63) is 57.4 Å². The lowest BCUT2D eigenvalue weighted by Crippen LogP contribution is -2.24. The van der Waals surface area contributed by atoms with Crippen LogP contribution in [0.15, 0.2) is 35.1 Å². The van der Waals surface area contributed by atoms with Crippen LogP contribution in [0.2, 0.25) is 0 Å². The molecule has 0 spiro atoms. The molecule has 0 unspecified atom stereocenters. The molecule has 7 nitrogen and oxygen atoms in total. The van der Waals surface area contributed by atoms with E-state index in [1.54, 1.807) is 24.3 Å². The van der Waals surface area contributed by atoms with Gasteiger partial charge in [0.2, 0.25) is 0 Å². The molecule has 0 saturated heterocycles. The maximum absolute atomic E-state index is 12.2. The smallest absolute Gasteiger partial charge is 0.262 e. The number of hydrogen-bond acceptors (Lipinski definition) is 5. The van der Waals surface area contributed by atoms with Crippen molar-refractivity contribution in [3.8, 4) is 5.69 Å². The molecule has 3 rings (SSSR count). The van der Waals surface area contributed by atoms with Crippen molar-refractivity contribution in [2.75, 3.05) is 11.1 Å². The SMILES string of the molecule is Nc1c2c(cc(=O)n1-c1ccc(C(=O)CBr)cc1)C(=O)NC2=O. The molecule has 2 heterocycles. The summed E-state index contributed by atoms with van der Waals surface area (Å²) in [5.74, 6) is -1.49. The Morgan fingerprint density at radius 3 is 2.39 bits per heavy atom. The minimum Gasteiger partial charge on any atom is -0.384 e. The second-order valence-electron chi connectivity index (χ2n) is 4.88. The Balaban J connectivity index is 2.17. The molecule has 1 aromatic heterocycles. The van der Waals surface area contributed by atoms with E-state index in [9.17, 15) is 19.2 Å². The number of nitrogen functional groups attached to an aromatic ring is 1. The number of nitrogens with two attached hydrogens (primary N) is 1. The number of hydrogen-bond donors (Lipinski definition) is 2. The van der Waals surface area contributed by atoms with Crippen molar-refractivity contribution >= 4 is 39.3 Å². The number of benzene rings is 1. The lowest BCUT2D eigenvalue weighted by atomic mass is 10.1. The zero-order chi connectivity index (χ0) is 16.7. The molecule has 1 aliphatic heterocycles. The highest BCUT2D eigenvalue weighted by Gasteiger charge is 2.31. The van der Waals surface area contributed by atoms with Crippen LogP contribution in [0.25, 0.3) is 5.69 Å². The van der Waals surface area contributed by atoms with E-state index in [0.29, 0.717) is 11.3 Å². The number of anilines is 1. The molecule has 3 N–H and O–H groups in total. The van der Waals surface area contributed by atoms with Crippen LogP contribution in [0.3, 0.4) is 0 Å². The molecule has 1 aromatic carbocycles. The van der Waals surface area contributed by atoms with Gasteiger partial charge in [-0.05, 0) is 24.3 Å². The number of nitrogens with one attached hydrogen (secondary N) is 1. The Bertz CT molecular complexity index is 916. The Hall–Kier alpha value is -2.74. The van der Waals surface area contributed by atoms with Gasteiger partial charge < -0.3 is 5.73 Å². The normalized spacial score (nSPS) is 12.9. The third-order valence-electron chi connectivity index (χ3n) is 3.52. The van der Waals surface area contributed by atoms with Gasteiger partial charge in [0.05, 0.1) is 22.1 Å². The zero-order valence-corrected chi connectivity index (χ0v) is 13.2. The number of rotatable bonds is 3. The molecule has 8 heteroatoms. The van der Waals surface area contributed by atoms with Crippen LogP contribution in [-0.2, 0) is 0 Å². The van der Waals surface area contributed by atoms with Gasteiger partial charge in [-0.2, -0.15) is 0 Å². The van der Waals surface area contributed by atoms with Crippen LogP contribution in [0.5, 0.6) is 0 Å². The molecule has 1 aliphatic rings. The number of carbonyl (C=O) groups excluding carboxylic acids is 3. The number of amides is 2. The van der Waals surface area contributed by atoms with Crippen molar-refractivity contribution in [2.24, 2.45) is 0 Å². The molecule has 0 bridgehead atoms. The molecule has 0 aliphatic carbocycles. The number of pyridine rings is 1. The van der Waals surface area contributed by atoms with Gasteiger partial charge in [0, 0.05) is 11.6 Å². The molecule has 0 saturated carbocycles. The van der Waals surface area contributed by atoms with Crippen molar-refractivity contribution in [1.29, 1.82) is 0 Å². The molecule has 23 heavy (non-hydrogen) atoms. The van der Waals surface area contributed by atoms with Gasteiger partial charge in [0.15, 0.2) is 5.78 Å². The zero-order valence-electron chi connectivity index (χ0n) is 11.6. The van der Waals surface area contributed by atoms with Crippen LogP contribution < -0.4 is 16.6 Å². The van der Waals surface area contributed by atoms with Crippen molar-refractivity contribution < 1.29 is 14.4 Å². The summed E-state index contributed by atoms with van der Waals surface area (Å²) >= 11 is 3.08. The minimum atomic E-state index is -0.640. The van der Waals surface area contributed by atoms with Crippen LogP contribution in [0.4, 0.5) is 5.82 Å². The van der Waals surface area contributed by atoms with E-state index in [1.807, 2.05) is 0 Å². The largest absolute Gasteiger partial charge is 0.384 e. The average Bonchev–Trinajstić information content (AvgIpc) is 2.81. The van der Waals surface area contributed by atoms with E-state index in [0.717, 1.165) is 10.6 Å². The fourth-order valence-electron chi connectivity index (χ4n) is 2.42. The first-order chi connectivity index (χ1) is 10.9. The molecule has 0 radical (unpaired) electrons. The summed E-state index contributed by atoms with van der Waals surface area (Å²) in [6, 6.07) is 7.29. The van der Waals surface area contributed by atoms with Gasteiger partial charge in [-0.1, -0.05) is 15.9 Å². The monoisotopic (exact) mass is 375 g/mol. The number of aromatic nitrogens is 1. The minimum absolute atomic E-state index is 0.0183. The summed E-state index contributed by atoms with van der Waals surface area (Å²) in [5, 5.41) is 2.29. The number of Topliss-reactive ketones (excluding diaryl/α,β-unsaturated/α-hetero) is 1. The first-order valence-corrected chi connectivity index (χ1v) is 7.67. The lowest BCUT2D eigenvalue weighted by molar-refractivity contribution is 0.0879. The summed E-state index contributed by atoms with van der Waals surface area (Å²) in [7, 11) is 0. The van der Waals surface area contributed by atoms with Gasteiger partial charge in [-0.3, -0.25) is 29.1 Å². The predicted octanol–water partition coefficient (Wildman–Crippen LogP) is 0.881. The van der Waals surface area contributed by atoms with Crippen molar-refractivity contribution in [3.63, 3.8) is 0 Å². The topological polar surface area (TPSA) is 111 Å². The third kappa shape index (κ3) is 2.36. The van der Waals surface area contributed by atoms with Crippen LogP contribution in [0, 0.1) is 0 Å². The van der Waals surface area contributed by atoms with Crippen molar-refractivity contribution in [2.45, 2.75) is 0 Å². The van der Waals surface area contributed by atoms with Gasteiger partial charge in [-0.15, -0.1) is 0 Å². The number of ketones is 1. The summed E-state index contributed by atoms with van der Waals surface area (Å²) < 4.78 is 1.12.